The van der Waals surface area contributed by atoms with E-state index in [0.717, 1.165) is 5.56 Å². The predicted molar refractivity (Wildman–Crippen MR) is 97.7 cm³/mol. The number of benzene rings is 2. The summed E-state index contributed by atoms with van der Waals surface area (Å²) in [4.78, 5) is 16.6. The lowest BCUT2D eigenvalue weighted by Gasteiger charge is -2.16. The smallest absolute Gasteiger partial charge is 0.261 e. The molecule has 0 saturated carbocycles. The molecule has 1 heterocycles. The molecule has 0 unspecified atom stereocenters. The van der Waals surface area contributed by atoms with Gasteiger partial charge in [-0.15, -0.1) is 0 Å². The molecule has 1 N–H and O–H groups in total. The van der Waals surface area contributed by atoms with Gasteiger partial charge in [0.2, 0.25) is 11.7 Å². The Morgan fingerprint density at radius 1 is 1.19 bits per heavy atom. The first kappa shape index (κ1) is 17.9. The number of hydrogen-bond acceptors (Lipinski definition) is 5. The minimum atomic E-state index is -0.587. The first-order chi connectivity index (χ1) is 12.7. The lowest BCUT2D eigenvalue weighted by atomic mass is 10.2. The van der Waals surface area contributed by atoms with Gasteiger partial charge in [0.1, 0.15) is 5.75 Å². The van der Waals surface area contributed by atoms with Gasteiger partial charge in [0.05, 0.1) is 6.54 Å². The molecule has 0 fully saturated rings. The van der Waals surface area contributed by atoms with Crippen LogP contribution in [0.5, 0.6) is 5.75 Å². The summed E-state index contributed by atoms with van der Waals surface area (Å²) in [5, 5.41) is 7.31. The molecule has 3 rings (SSSR count). The average molecular weight is 372 g/mol. The van der Waals surface area contributed by atoms with Crippen LogP contribution in [0.2, 0.25) is 5.02 Å². The highest BCUT2D eigenvalue weighted by atomic mass is 35.5. The summed E-state index contributed by atoms with van der Waals surface area (Å²) in [6.45, 7) is 2.02. The summed E-state index contributed by atoms with van der Waals surface area (Å²) in [6, 6.07) is 16.3. The van der Waals surface area contributed by atoms with E-state index >= 15 is 0 Å². The van der Waals surface area contributed by atoms with Crippen molar-refractivity contribution in [1.82, 2.24) is 15.5 Å². The maximum Gasteiger partial charge on any atom is 0.261 e. The standard InChI is InChI=1S/C19H18ClN3O3/c1-2-16(25-15-6-4-3-5-7-15)19(24)21-12-17-22-18(23-26-17)13-8-10-14(20)11-9-13/h3-11,16H,2,12H2,1H3,(H,21,24)/t16-/m0/s1. The molecule has 0 bridgehead atoms. The van der Waals surface area contributed by atoms with Gasteiger partial charge in [-0.3, -0.25) is 4.79 Å². The van der Waals surface area contributed by atoms with E-state index in [1.807, 2.05) is 37.3 Å². The molecular formula is C19H18ClN3O3. The van der Waals surface area contributed by atoms with E-state index in [2.05, 4.69) is 15.5 Å². The summed E-state index contributed by atoms with van der Waals surface area (Å²) in [6.07, 6.45) is -0.0447. The number of ether oxygens (including phenoxy) is 1. The number of carbonyl (C=O) groups excluding carboxylic acids is 1. The monoisotopic (exact) mass is 371 g/mol. The van der Waals surface area contributed by atoms with Crippen LogP contribution in [0.25, 0.3) is 11.4 Å². The maximum atomic E-state index is 12.3. The summed E-state index contributed by atoms with van der Waals surface area (Å²) >= 11 is 5.87. The largest absolute Gasteiger partial charge is 0.481 e. The highest BCUT2D eigenvalue weighted by Crippen LogP contribution is 2.18. The fourth-order valence-corrected chi connectivity index (χ4v) is 2.43. The van der Waals surface area contributed by atoms with Gasteiger partial charge in [-0.25, -0.2) is 0 Å². The molecule has 0 aliphatic rings. The number of halogens is 1. The number of nitrogens with one attached hydrogen (secondary N) is 1. The number of para-hydroxylation sites is 1. The number of rotatable bonds is 7. The highest BCUT2D eigenvalue weighted by Gasteiger charge is 2.19. The lowest BCUT2D eigenvalue weighted by Crippen LogP contribution is -2.37. The van der Waals surface area contributed by atoms with E-state index < -0.39 is 6.10 Å². The highest BCUT2D eigenvalue weighted by molar-refractivity contribution is 6.30. The van der Waals surface area contributed by atoms with Crippen LogP contribution in [-0.2, 0) is 11.3 Å². The number of carbonyl (C=O) groups is 1. The molecule has 0 radical (unpaired) electrons. The molecule has 0 spiro atoms. The molecule has 7 heteroatoms. The molecule has 2 aromatic carbocycles. The Bertz CT molecular complexity index is 850. The van der Waals surface area contributed by atoms with Crippen LogP contribution in [0.1, 0.15) is 19.2 Å². The molecule has 0 aliphatic heterocycles. The molecule has 134 valence electrons. The normalized spacial score (nSPS) is 11.8. The van der Waals surface area contributed by atoms with Crippen LogP contribution in [0, 0.1) is 0 Å². The zero-order chi connectivity index (χ0) is 18.4. The zero-order valence-electron chi connectivity index (χ0n) is 14.2. The van der Waals surface area contributed by atoms with Crippen molar-refractivity contribution in [3.8, 4) is 17.1 Å². The topological polar surface area (TPSA) is 77.2 Å². The van der Waals surface area contributed by atoms with Crippen molar-refractivity contribution < 1.29 is 14.1 Å². The van der Waals surface area contributed by atoms with Gasteiger partial charge in [0.15, 0.2) is 6.10 Å². The van der Waals surface area contributed by atoms with Crippen LogP contribution in [0.4, 0.5) is 0 Å². The second kappa shape index (κ2) is 8.49. The zero-order valence-corrected chi connectivity index (χ0v) is 14.9. The fraction of sp³-hybridized carbons (Fsp3) is 0.211. The molecule has 3 aromatic rings. The Hall–Kier alpha value is -2.86. The van der Waals surface area contributed by atoms with Gasteiger partial charge >= 0.3 is 0 Å². The maximum absolute atomic E-state index is 12.3. The van der Waals surface area contributed by atoms with Crippen molar-refractivity contribution in [2.45, 2.75) is 26.0 Å². The van der Waals surface area contributed by atoms with Gasteiger partial charge in [-0.2, -0.15) is 4.98 Å². The van der Waals surface area contributed by atoms with Crippen LogP contribution >= 0.6 is 11.6 Å². The van der Waals surface area contributed by atoms with Crippen molar-refractivity contribution in [2.24, 2.45) is 0 Å². The molecule has 0 saturated heterocycles. The molecule has 6 nitrogen and oxygen atoms in total. The first-order valence-electron chi connectivity index (χ1n) is 8.23. The summed E-state index contributed by atoms with van der Waals surface area (Å²) in [5.41, 5.74) is 0.787. The van der Waals surface area contributed by atoms with Crippen LogP contribution in [0.15, 0.2) is 59.1 Å². The van der Waals surface area contributed by atoms with E-state index in [1.54, 1.807) is 24.3 Å². The molecule has 1 atom stereocenters. The van der Waals surface area contributed by atoms with Crippen molar-refractivity contribution in [3.05, 3.63) is 65.5 Å². The van der Waals surface area contributed by atoms with E-state index in [-0.39, 0.29) is 12.5 Å². The average Bonchev–Trinajstić information content (AvgIpc) is 3.14. The van der Waals surface area contributed by atoms with Gasteiger partial charge in [-0.1, -0.05) is 41.9 Å². The minimum absolute atomic E-state index is 0.133. The third kappa shape index (κ3) is 4.61. The Morgan fingerprint density at radius 2 is 1.92 bits per heavy atom. The predicted octanol–water partition coefficient (Wildman–Crippen LogP) is 3.86. The van der Waals surface area contributed by atoms with E-state index in [0.29, 0.717) is 28.9 Å². The van der Waals surface area contributed by atoms with Crippen LogP contribution in [0.3, 0.4) is 0 Å². The van der Waals surface area contributed by atoms with Gasteiger partial charge in [-0.05, 0) is 42.8 Å². The van der Waals surface area contributed by atoms with E-state index in [4.69, 9.17) is 20.9 Å². The van der Waals surface area contributed by atoms with E-state index in [1.165, 1.54) is 0 Å². The lowest BCUT2D eigenvalue weighted by molar-refractivity contribution is -0.128. The van der Waals surface area contributed by atoms with Gasteiger partial charge in [0.25, 0.3) is 5.91 Å². The number of aromatic nitrogens is 2. The second-order valence-corrected chi connectivity index (χ2v) is 6.00. The quantitative estimate of drug-likeness (QED) is 0.682. The number of amides is 1. The third-order valence-corrected chi connectivity index (χ3v) is 3.92. The molecule has 0 aliphatic carbocycles. The second-order valence-electron chi connectivity index (χ2n) is 5.56. The molecule has 26 heavy (non-hydrogen) atoms. The minimum Gasteiger partial charge on any atom is -0.481 e. The van der Waals surface area contributed by atoms with E-state index in [9.17, 15) is 4.79 Å². The molecular weight excluding hydrogens is 354 g/mol. The first-order valence-corrected chi connectivity index (χ1v) is 8.61. The SMILES string of the molecule is CC[C@H](Oc1ccccc1)C(=O)NCc1nc(-c2ccc(Cl)cc2)no1. The van der Waals surface area contributed by atoms with Gasteiger partial charge in [0, 0.05) is 10.6 Å². The molecule has 1 aromatic heterocycles. The fourth-order valence-electron chi connectivity index (χ4n) is 2.31. The molecule has 1 amide bonds. The Labute approximate surface area is 156 Å². The van der Waals surface area contributed by atoms with Crippen LogP contribution < -0.4 is 10.1 Å². The summed E-state index contributed by atoms with van der Waals surface area (Å²) < 4.78 is 10.9. The Kier molecular flexibility index (Phi) is 5.86. The third-order valence-electron chi connectivity index (χ3n) is 3.67. The van der Waals surface area contributed by atoms with Gasteiger partial charge < -0.3 is 14.6 Å². The van der Waals surface area contributed by atoms with Crippen LogP contribution in [-0.4, -0.2) is 22.2 Å². The van der Waals surface area contributed by atoms with Crippen molar-refractivity contribution in [1.29, 1.82) is 0 Å². The van der Waals surface area contributed by atoms with Crippen molar-refractivity contribution in [3.63, 3.8) is 0 Å². The van der Waals surface area contributed by atoms with Crippen molar-refractivity contribution >= 4 is 17.5 Å². The Morgan fingerprint density at radius 3 is 2.62 bits per heavy atom. The summed E-state index contributed by atoms with van der Waals surface area (Å²) in [7, 11) is 0. The number of nitrogens with zero attached hydrogens (tertiary/aromatic N) is 2. The number of hydrogen-bond donors (Lipinski definition) is 1. The Balaban J connectivity index is 1.57. The summed E-state index contributed by atoms with van der Waals surface area (Å²) in [5.74, 6) is 1.18. The van der Waals surface area contributed by atoms with Crippen molar-refractivity contribution in [2.75, 3.05) is 0 Å².